The summed E-state index contributed by atoms with van der Waals surface area (Å²) in [4.78, 5) is 8.57. The molecule has 0 radical (unpaired) electrons. The van der Waals surface area contributed by atoms with Gasteiger partial charge in [-0.3, -0.25) is 0 Å². The average Bonchev–Trinajstić information content (AvgIpc) is 3.19. The zero-order valence-electron chi connectivity index (χ0n) is 16.0. The highest BCUT2D eigenvalue weighted by Crippen LogP contribution is 2.37. The van der Waals surface area contributed by atoms with Crippen LogP contribution in [0.15, 0.2) is 41.4 Å². The standard InChI is InChI=1S/C19H21N5O4/c1-25-14-7-5-13(6-8-14)21-19-22-18(23-24-19)20-11-12-9-15(26-2)17(28-4)16(10-12)27-3/h5-11H,1-4H3,(H2,21,22,23,24)/b20-11+. The number of aliphatic imine (C=N–C) groups is 1. The molecule has 0 saturated carbocycles. The number of benzene rings is 2. The van der Waals surface area contributed by atoms with Crippen LogP contribution in [0.4, 0.5) is 17.6 Å². The Kier molecular flexibility index (Phi) is 5.95. The number of H-pyrrole nitrogens is 1. The van der Waals surface area contributed by atoms with Crippen molar-refractivity contribution in [3.05, 3.63) is 42.0 Å². The van der Waals surface area contributed by atoms with E-state index in [0.717, 1.165) is 17.0 Å². The smallest absolute Gasteiger partial charge is 0.269 e. The van der Waals surface area contributed by atoms with Crippen LogP contribution in [0, 0.1) is 0 Å². The van der Waals surface area contributed by atoms with E-state index in [2.05, 4.69) is 25.5 Å². The summed E-state index contributed by atoms with van der Waals surface area (Å²) in [6.45, 7) is 0. The number of anilines is 2. The van der Waals surface area contributed by atoms with Crippen LogP contribution in [0.3, 0.4) is 0 Å². The molecular weight excluding hydrogens is 362 g/mol. The van der Waals surface area contributed by atoms with Crippen molar-refractivity contribution in [3.8, 4) is 23.0 Å². The number of methoxy groups -OCH3 is 4. The summed E-state index contributed by atoms with van der Waals surface area (Å²) in [5, 5.41) is 9.98. The molecule has 2 N–H and O–H groups in total. The number of nitrogens with one attached hydrogen (secondary N) is 2. The second-order valence-electron chi connectivity index (χ2n) is 5.55. The number of hydrogen-bond acceptors (Lipinski definition) is 8. The van der Waals surface area contributed by atoms with Crippen LogP contribution in [-0.4, -0.2) is 49.8 Å². The van der Waals surface area contributed by atoms with Gasteiger partial charge in [0.1, 0.15) is 5.75 Å². The van der Waals surface area contributed by atoms with Gasteiger partial charge in [0.2, 0.25) is 11.7 Å². The second kappa shape index (κ2) is 8.76. The molecule has 0 unspecified atom stereocenters. The molecule has 0 spiro atoms. The Hall–Kier alpha value is -3.75. The molecule has 0 aliphatic carbocycles. The summed E-state index contributed by atoms with van der Waals surface area (Å²) < 4.78 is 21.1. The maximum Gasteiger partial charge on any atom is 0.269 e. The van der Waals surface area contributed by atoms with Gasteiger partial charge in [0.25, 0.3) is 5.95 Å². The van der Waals surface area contributed by atoms with E-state index in [1.807, 2.05) is 24.3 Å². The Bertz CT molecular complexity index is 928. The van der Waals surface area contributed by atoms with Gasteiger partial charge in [0.05, 0.1) is 28.4 Å². The normalized spacial score (nSPS) is 10.7. The van der Waals surface area contributed by atoms with Crippen molar-refractivity contribution in [3.63, 3.8) is 0 Å². The molecule has 28 heavy (non-hydrogen) atoms. The van der Waals surface area contributed by atoms with Gasteiger partial charge < -0.3 is 24.3 Å². The maximum atomic E-state index is 5.34. The topological polar surface area (TPSA) is 103 Å². The summed E-state index contributed by atoms with van der Waals surface area (Å²) in [6, 6.07) is 11.0. The Morgan fingerprint density at radius 3 is 2.18 bits per heavy atom. The van der Waals surface area contributed by atoms with E-state index >= 15 is 0 Å². The number of aromatic amines is 1. The van der Waals surface area contributed by atoms with Crippen LogP contribution in [0.5, 0.6) is 23.0 Å². The highest BCUT2D eigenvalue weighted by atomic mass is 16.5. The van der Waals surface area contributed by atoms with E-state index in [-0.39, 0.29) is 5.95 Å². The minimum Gasteiger partial charge on any atom is -0.497 e. The summed E-state index contributed by atoms with van der Waals surface area (Å²) in [5.41, 5.74) is 1.60. The minimum atomic E-state index is 0.282. The SMILES string of the molecule is COc1ccc(Nc2nc(/N=C/c3cc(OC)c(OC)c(OC)c3)n[nH]2)cc1. The third kappa shape index (κ3) is 4.32. The Morgan fingerprint density at radius 1 is 0.929 bits per heavy atom. The van der Waals surface area contributed by atoms with Gasteiger partial charge in [-0.05, 0) is 36.4 Å². The molecule has 3 rings (SSSR count). The molecule has 9 heteroatoms. The van der Waals surface area contributed by atoms with Crippen LogP contribution >= 0.6 is 0 Å². The lowest BCUT2D eigenvalue weighted by molar-refractivity contribution is 0.324. The molecule has 0 atom stereocenters. The molecule has 0 amide bonds. The highest BCUT2D eigenvalue weighted by molar-refractivity contribution is 5.83. The molecule has 9 nitrogen and oxygen atoms in total. The molecule has 1 heterocycles. The molecule has 2 aromatic carbocycles. The number of nitrogens with zero attached hydrogens (tertiary/aromatic N) is 3. The van der Waals surface area contributed by atoms with E-state index in [9.17, 15) is 0 Å². The number of rotatable bonds is 8. The molecule has 0 bridgehead atoms. The van der Waals surface area contributed by atoms with Crippen LogP contribution in [0.25, 0.3) is 0 Å². The molecule has 0 saturated heterocycles. The first-order valence-electron chi connectivity index (χ1n) is 8.34. The molecule has 0 fully saturated rings. The van der Waals surface area contributed by atoms with Crippen molar-refractivity contribution >= 4 is 23.8 Å². The van der Waals surface area contributed by atoms with Gasteiger partial charge in [-0.15, -0.1) is 5.10 Å². The fourth-order valence-corrected chi connectivity index (χ4v) is 2.49. The average molecular weight is 383 g/mol. The van der Waals surface area contributed by atoms with Gasteiger partial charge in [-0.2, -0.15) is 4.98 Å². The summed E-state index contributed by atoms with van der Waals surface area (Å²) in [7, 11) is 6.30. The second-order valence-corrected chi connectivity index (χ2v) is 5.55. The lowest BCUT2D eigenvalue weighted by Gasteiger charge is -2.12. The minimum absolute atomic E-state index is 0.282. The molecular formula is C19H21N5O4. The third-order valence-corrected chi connectivity index (χ3v) is 3.84. The molecule has 0 aliphatic heterocycles. The number of ether oxygens (including phenoxy) is 4. The Balaban J connectivity index is 1.74. The predicted molar refractivity (Wildman–Crippen MR) is 106 cm³/mol. The quantitative estimate of drug-likeness (QED) is 0.575. The monoisotopic (exact) mass is 383 g/mol. The zero-order valence-corrected chi connectivity index (χ0v) is 16.0. The molecule has 1 aromatic heterocycles. The van der Waals surface area contributed by atoms with E-state index in [1.165, 1.54) is 0 Å². The predicted octanol–water partition coefficient (Wildman–Crippen LogP) is 3.33. The molecule has 0 aliphatic rings. The van der Waals surface area contributed by atoms with Crippen molar-refractivity contribution < 1.29 is 18.9 Å². The van der Waals surface area contributed by atoms with Gasteiger partial charge >= 0.3 is 0 Å². The van der Waals surface area contributed by atoms with Gasteiger partial charge in [-0.25, -0.2) is 10.1 Å². The van der Waals surface area contributed by atoms with E-state index in [4.69, 9.17) is 18.9 Å². The third-order valence-electron chi connectivity index (χ3n) is 3.84. The fraction of sp³-hybridized carbons (Fsp3) is 0.211. The lowest BCUT2D eigenvalue weighted by Crippen LogP contribution is -1.96. The van der Waals surface area contributed by atoms with Gasteiger partial charge in [-0.1, -0.05) is 0 Å². The number of aromatic nitrogens is 3. The zero-order chi connectivity index (χ0) is 19.9. The molecule has 146 valence electrons. The van der Waals surface area contributed by atoms with Crippen molar-refractivity contribution in [2.45, 2.75) is 0 Å². The molecule has 3 aromatic rings. The van der Waals surface area contributed by atoms with Crippen LogP contribution in [0.2, 0.25) is 0 Å². The van der Waals surface area contributed by atoms with Crippen molar-refractivity contribution in [2.24, 2.45) is 4.99 Å². The van der Waals surface area contributed by atoms with Gasteiger partial charge in [0, 0.05) is 17.5 Å². The lowest BCUT2D eigenvalue weighted by atomic mass is 10.2. The summed E-state index contributed by atoms with van der Waals surface area (Å²) in [6.07, 6.45) is 1.62. The van der Waals surface area contributed by atoms with Gasteiger partial charge in [0.15, 0.2) is 11.5 Å². The fourth-order valence-electron chi connectivity index (χ4n) is 2.49. The highest BCUT2D eigenvalue weighted by Gasteiger charge is 2.12. The van der Waals surface area contributed by atoms with Crippen LogP contribution in [-0.2, 0) is 0 Å². The van der Waals surface area contributed by atoms with Crippen LogP contribution < -0.4 is 24.3 Å². The first-order valence-corrected chi connectivity index (χ1v) is 8.34. The van der Waals surface area contributed by atoms with Crippen LogP contribution in [0.1, 0.15) is 5.56 Å². The first-order chi connectivity index (χ1) is 13.7. The first kappa shape index (κ1) is 19.0. The van der Waals surface area contributed by atoms with Crippen molar-refractivity contribution in [1.29, 1.82) is 0 Å². The van der Waals surface area contributed by atoms with Crippen molar-refractivity contribution in [2.75, 3.05) is 33.8 Å². The largest absolute Gasteiger partial charge is 0.497 e. The van der Waals surface area contributed by atoms with E-state index in [0.29, 0.717) is 23.2 Å². The summed E-state index contributed by atoms with van der Waals surface area (Å²) >= 11 is 0. The van der Waals surface area contributed by atoms with Crippen molar-refractivity contribution in [1.82, 2.24) is 15.2 Å². The summed E-state index contributed by atoms with van der Waals surface area (Å²) in [5.74, 6) is 3.14. The Morgan fingerprint density at radius 2 is 1.61 bits per heavy atom. The Labute approximate surface area is 162 Å². The number of hydrogen-bond donors (Lipinski definition) is 2. The van der Waals surface area contributed by atoms with E-state index < -0.39 is 0 Å². The maximum absolute atomic E-state index is 5.34. The van der Waals surface area contributed by atoms with E-state index in [1.54, 1.807) is 46.8 Å².